The van der Waals surface area contributed by atoms with Crippen LogP contribution in [0.25, 0.3) is 11.3 Å². The normalized spacial score (nSPS) is 13.3. The van der Waals surface area contributed by atoms with Crippen LogP contribution in [-0.2, 0) is 0 Å². The minimum absolute atomic E-state index is 0.171. The Morgan fingerprint density at radius 2 is 1.56 bits per heavy atom. The van der Waals surface area contributed by atoms with Crippen LogP contribution in [0.5, 0.6) is 0 Å². The quantitative estimate of drug-likeness (QED) is 0.322. The van der Waals surface area contributed by atoms with Gasteiger partial charge in [-0.2, -0.15) is 0 Å². The number of imide groups is 1. The van der Waals surface area contributed by atoms with Crippen molar-refractivity contribution in [2.45, 2.75) is 17.2 Å². The maximum Gasteiger partial charge on any atom is 0.261 e. The molecule has 0 bridgehead atoms. The molecule has 1 aliphatic rings. The Balaban J connectivity index is 1.24. The van der Waals surface area contributed by atoms with Crippen LogP contribution in [-0.4, -0.2) is 34.0 Å². The number of nitrogens with zero attached hydrogens (tertiary/aromatic N) is 2. The van der Waals surface area contributed by atoms with E-state index in [-0.39, 0.29) is 11.8 Å². The molecular weight excluding hydrogens is 376 g/mol. The average molecular weight is 395 g/mol. The molecule has 0 radical (unpaired) electrons. The van der Waals surface area contributed by atoms with Gasteiger partial charge >= 0.3 is 0 Å². The van der Waals surface area contributed by atoms with Gasteiger partial charge in [-0.3, -0.25) is 14.5 Å². The Morgan fingerprint density at radius 1 is 0.889 bits per heavy atom. The maximum absolute atomic E-state index is 12.3. The summed E-state index contributed by atoms with van der Waals surface area (Å²) in [6.07, 6.45) is 1.73. The molecule has 0 N–H and O–H groups in total. The van der Waals surface area contributed by atoms with Crippen LogP contribution in [0.3, 0.4) is 0 Å². The van der Waals surface area contributed by atoms with E-state index in [1.165, 1.54) is 4.90 Å². The number of hydrogen-bond acceptors (Lipinski definition) is 5. The van der Waals surface area contributed by atoms with E-state index in [4.69, 9.17) is 0 Å². The molecule has 2 heterocycles. The number of hydrogen-bond donors (Lipinski definition) is 0. The zero-order valence-corrected chi connectivity index (χ0v) is 16.3. The third-order valence-corrected chi connectivity index (χ3v) is 6.54. The van der Waals surface area contributed by atoms with Gasteiger partial charge in [0.25, 0.3) is 11.8 Å². The van der Waals surface area contributed by atoms with Crippen molar-refractivity contribution in [3.63, 3.8) is 0 Å². The fourth-order valence-electron chi connectivity index (χ4n) is 3.04. The molecule has 0 aliphatic carbocycles. The van der Waals surface area contributed by atoms with Crippen molar-refractivity contribution in [2.75, 3.05) is 12.3 Å². The highest BCUT2D eigenvalue weighted by Crippen LogP contribution is 2.29. The number of fused-ring (bicyclic) bond motifs is 1. The number of amides is 2. The summed E-state index contributed by atoms with van der Waals surface area (Å²) in [5.41, 5.74) is 3.18. The summed E-state index contributed by atoms with van der Waals surface area (Å²) in [6, 6.07) is 17.2. The summed E-state index contributed by atoms with van der Waals surface area (Å²) < 4.78 is 1.05. The Bertz CT molecular complexity index is 934. The minimum Gasteiger partial charge on any atom is -0.274 e. The van der Waals surface area contributed by atoms with Gasteiger partial charge in [0.2, 0.25) is 0 Å². The smallest absolute Gasteiger partial charge is 0.261 e. The fourth-order valence-corrected chi connectivity index (χ4v) is 4.94. The van der Waals surface area contributed by atoms with Crippen LogP contribution in [0.4, 0.5) is 0 Å². The molecule has 27 heavy (non-hydrogen) atoms. The number of unbranched alkanes of at least 4 members (excludes halogenated alkanes) is 1. The first-order chi connectivity index (χ1) is 13.2. The second-order valence-electron chi connectivity index (χ2n) is 6.23. The van der Waals surface area contributed by atoms with Crippen molar-refractivity contribution in [3.8, 4) is 11.3 Å². The summed E-state index contributed by atoms with van der Waals surface area (Å²) in [4.78, 5) is 30.7. The second-order valence-corrected chi connectivity index (χ2v) is 8.43. The predicted molar refractivity (Wildman–Crippen MR) is 109 cm³/mol. The highest BCUT2D eigenvalue weighted by atomic mass is 32.2. The van der Waals surface area contributed by atoms with Crippen molar-refractivity contribution in [1.29, 1.82) is 0 Å². The van der Waals surface area contributed by atoms with E-state index in [2.05, 4.69) is 22.5 Å². The molecule has 6 heteroatoms. The van der Waals surface area contributed by atoms with Crippen LogP contribution in [0.2, 0.25) is 0 Å². The maximum atomic E-state index is 12.3. The summed E-state index contributed by atoms with van der Waals surface area (Å²) in [5.74, 6) is 0.580. The number of carbonyl (C=O) groups excluding carboxylic acids is 2. The Hall–Kier alpha value is -2.44. The van der Waals surface area contributed by atoms with E-state index in [0.29, 0.717) is 17.7 Å². The monoisotopic (exact) mass is 394 g/mol. The van der Waals surface area contributed by atoms with E-state index in [1.807, 2.05) is 18.2 Å². The van der Waals surface area contributed by atoms with Crippen molar-refractivity contribution >= 4 is 34.9 Å². The van der Waals surface area contributed by atoms with Gasteiger partial charge in [0.1, 0.15) is 0 Å². The van der Waals surface area contributed by atoms with Gasteiger partial charge in [-0.15, -0.1) is 11.3 Å². The van der Waals surface area contributed by atoms with Crippen molar-refractivity contribution < 1.29 is 9.59 Å². The number of carbonyl (C=O) groups is 2. The van der Waals surface area contributed by atoms with E-state index in [0.717, 1.165) is 34.2 Å². The van der Waals surface area contributed by atoms with Gasteiger partial charge in [0, 0.05) is 23.2 Å². The van der Waals surface area contributed by atoms with Gasteiger partial charge in [-0.1, -0.05) is 54.2 Å². The zero-order valence-electron chi connectivity index (χ0n) is 14.6. The molecule has 1 aliphatic heterocycles. The number of thiazole rings is 1. The molecular formula is C21H18N2O2S2. The van der Waals surface area contributed by atoms with Crippen molar-refractivity contribution in [2.24, 2.45) is 0 Å². The van der Waals surface area contributed by atoms with Crippen LogP contribution >= 0.6 is 23.1 Å². The van der Waals surface area contributed by atoms with Crippen molar-refractivity contribution in [1.82, 2.24) is 9.88 Å². The van der Waals surface area contributed by atoms with E-state index in [9.17, 15) is 9.59 Å². The molecule has 0 unspecified atom stereocenters. The number of thioether (sulfide) groups is 1. The summed E-state index contributed by atoms with van der Waals surface area (Å²) in [5, 5.41) is 2.08. The first-order valence-electron chi connectivity index (χ1n) is 8.83. The molecule has 2 amide bonds. The highest BCUT2D eigenvalue weighted by molar-refractivity contribution is 8.01. The molecule has 0 saturated carbocycles. The van der Waals surface area contributed by atoms with Gasteiger partial charge in [-0.25, -0.2) is 4.98 Å². The molecule has 3 aromatic rings. The zero-order chi connectivity index (χ0) is 18.6. The lowest BCUT2D eigenvalue weighted by Gasteiger charge is -2.13. The lowest BCUT2D eigenvalue weighted by molar-refractivity contribution is 0.0652. The molecule has 4 nitrogen and oxygen atoms in total. The van der Waals surface area contributed by atoms with Gasteiger partial charge in [-0.05, 0) is 25.0 Å². The molecule has 0 atom stereocenters. The Morgan fingerprint density at radius 3 is 2.26 bits per heavy atom. The SMILES string of the molecule is O=C1c2ccccc2C(=O)N1CCCCSc1nc(-c2ccccc2)cs1. The van der Waals surface area contributed by atoms with Crippen LogP contribution in [0.1, 0.15) is 33.6 Å². The molecule has 0 fully saturated rings. The highest BCUT2D eigenvalue weighted by Gasteiger charge is 2.34. The summed E-state index contributed by atoms with van der Waals surface area (Å²) >= 11 is 3.38. The second kappa shape index (κ2) is 8.06. The molecule has 1 aromatic heterocycles. The number of aromatic nitrogens is 1. The third-order valence-electron chi connectivity index (χ3n) is 4.43. The molecule has 4 rings (SSSR count). The largest absolute Gasteiger partial charge is 0.274 e. The standard InChI is InChI=1S/C21H18N2O2S2/c24-19-16-10-4-5-11-17(16)20(25)23(19)12-6-7-13-26-21-22-18(14-27-21)15-8-2-1-3-9-15/h1-5,8-11,14H,6-7,12-13H2. The topological polar surface area (TPSA) is 50.3 Å². The number of rotatable bonds is 7. The van der Waals surface area contributed by atoms with Gasteiger partial charge in [0.15, 0.2) is 4.34 Å². The van der Waals surface area contributed by atoms with Crippen LogP contribution < -0.4 is 0 Å². The molecule has 0 spiro atoms. The number of benzene rings is 2. The fraction of sp³-hybridized carbons (Fsp3) is 0.190. The molecule has 2 aromatic carbocycles. The third kappa shape index (κ3) is 3.82. The lowest BCUT2D eigenvalue weighted by atomic mass is 10.1. The van der Waals surface area contributed by atoms with E-state index < -0.39 is 0 Å². The predicted octanol–water partition coefficient (Wildman–Crippen LogP) is 4.98. The first kappa shape index (κ1) is 17.9. The molecule has 136 valence electrons. The van der Waals surface area contributed by atoms with E-state index in [1.54, 1.807) is 47.4 Å². The lowest BCUT2D eigenvalue weighted by Crippen LogP contribution is -2.30. The Labute approximate surface area is 166 Å². The van der Waals surface area contributed by atoms with Crippen molar-refractivity contribution in [3.05, 3.63) is 71.1 Å². The van der Waals surface area contributed by atoms with Gasteiger partial charge in [0.05, 0.1) is 16.8 Å². The Kier molecular flexibility index (Phi) is 5.36. The van der Waals surface area contributed by atoms with Gasteiger partial charge < -0.3 is 0 Å². The minimum atomic E-state index is -0.171. The van der Waals surface area contributed by atoms with Crippen LogP contribution in [0.15, 0.2) is 64.3 Å². The molecule has 0 saturated heterocycles. The summed E-state index contributed by atoms with van der Waals surface area (Å²) in [7, 11) is 0. The first-order valence-corrected chi connectivity index (χ1v) is 10.7. The summed E-state index contributed by atoms with van der Waals surface area (Å²) in [6.45, 7) is 0.472. The average Bonchev–Trinajstić information content (AvgIpc) is 3.27. The van der Waals surface area contributed by atoms with Crippen LogP contribution in [0, 0.1) is 0 Å². The van der Waals surface area contributed by atoms with E-state index >= 15 is 0 Å².